The van der Waals surface area contributed by atoms with Gasteiger partial charge in [-0.1, -0.05) is 173 Å². The lowest BCUT2D eigenvalue weighted by Crippen LogP contribution is -2.50. The molecule has 48 heavy (non-hydrogen) atoms. The normalized spacial score (nSPS) is 13.9. The lowest BCUT2D eigenvalue weighted by atomic mass is 10.0. The summed E-state index contributed by atoms with van der Waals surface area (Å²) < 4.78 is 0. The number of carbonyl (C=O) groups excluding carboxylic acids is 1. The molecule has 284 valence electrons. The number of aliphatic hydroxyl groups excluding tert-OH is 3. The van der Waals surface area contributed by atoms with Gasteiger partial charge >= 0.3 is 0 Å². The number of aliphatic hydroxyl groups is 3. The minimum absolute atomic E-state index is 0.162. The molecule has 5 nitrogen and oxygen atoms in total. The topological polar surface area (TPSA) is 89.8 Å². The number of hydrogen-bond donors (Lipinski definition) is 4. The summed E-state index contributed by atoms with van der Waals surface area (Å²) in [4.78, 5) is 12.4. The highest BCUT2D eigenvalue weighted by molar-refractivity contribution is 5.76. The Morgan fingerprint density at radius 2 is 0.833 bits per heavy atom. The first kappa shape index (κ1) is 46.8. The molecule has 0 radical (unpaired) electrons. The van der Waals surface area contributed by atoms with Crippen LogP contribution in [-0.2, 0) is 4.79 Å². The second-order valence-corrected chi connectivity index (χ2v) is 14.5. The molecule has 4 N–H and O–H groups in total. The average Bonchev–Trinajstić information content (AvgIpc) is 3.09. The van der Waals surface area contributed by atoms with E-state index in [0.29, 0.717) is 12.8 Å². The number of hydrogen-bond acceptors (Lipinski definition) is 4. The zero-order valence-corrected chi connectivity index (χ0v) is 32.1. The Kier molecular flexibility index (Phi) is 37.7. The van der Waals surface area contributed by atoms with E-state index in [1.54, 1.807) is 0 Å². The lowest BCUT2D eigenvalue weighted by molar-refractivity contribution is -0.124. The van der Waals surface area contributed by atoms with Gasteiger partial charge in [-0.25, -0.2) is 0 Å². The Balaban J connectivity index is 3.69. The maximum absolute atomic E-state index is 12.4. The van der Waals surface area contributed by atoms with Gasteiger partial charge in [-0.15, -0.1) is 0 Å². The van der Waals surface area contributed by atoms with Crippen molar-refractivity contribution in [3.05, 3.63) is 24.3 Å². The number of carbonyl (C=O) groups is 1. The van der Waals surface area contributed by atoms with Crippen molar-refractivity contribution in [3.63, 3.8) is 0 Å². The molecule has 0 aliphatic rings. The van der Waals surface area contributed by atoms with Gasteiger partial charge in [-0.05, 0) is 64.2 Å². The maximum Gasteiger partial charge on any atom is 0.220 e. The monoisotopic (exact) mass is 678 g/mol. The third kappa shape index (κ3) is 33.3. The molecule has 1 amide bonds. The molecule has 0 aromatic carbocycles. The third-order valence-electron chi connectivity index (χ3n) is 9.78. The van der Waals surface area contributed by atoms with E-state index in [0.717, 1.165) is 44.9 Å². The number of nitrogens with one attached hydrogen (secondary N) is 1. The van der Waals surface area contributed by atoms with Crippen LogP contribution in [0.3, 0.4) is 0 Å². The van der Waals surface area contributed by atoms with Crippen LogP contribution < -0.4 is 5.32 Å². The van der Waals surface area contributed by atoms with Gasteiger partial charge in [0.25, 0.3) is 0 Å². The third-order valence-corrected chi connectivity index (χ3v) is 9.78. The lowest BCUT2D eigenvalue weighted by Gasteiger charge is -2.26. The first-order chi connectivity index (χ1) is 23.6. The fraction of sp³-hybridized carbons (Fsp3) is 0.884. The number of unbranched alkanes of at least 4 members (excludes halogenated alkanes) is 26. The summed E-state index contributed by atoms with van der Waals surface area (Å²) >= 11 is 0. The molecule has 3 unspecified atom stereocenters. The molecule has 0 aromatic rings. The summed E-state index contributed by atoms with van der Waals surface area (Å²) in [6.07, 6.45) is 45.7. The van der Waals surface area contributed by atoms with Crippen LogP contribution in [0.25, 0.3) is 0 Å². The zero-order chi connectivity index (χ0) is 35.2. The van der Waals surface area contributed by atoms with Crippen molar-refractivity contribution in [1.29, 1.82) is 0 Å². The van der Waals surface area contributed by atoms with E-state index in [1.807, 2.05) is 0 Å². The Morgan fingerprint density at radius 1 is 0.500 bits per heavy atom. The van der Waals surface area contributed by atoms with Gasteiger partial charge in [-0.3, -0.25) is 4.79 Å². The van der Waals surface area contributed by atoms with Gasteiger partial charge in [0.15, 0.2) is 0 Å². The van der Waals surface area contributed by atoms with Crippen LogP contribution in [0, 0.1) is 0 Å². The van der Waals surface area contributed by atoms with E-state index in [9.17, 15) is 20.1 Å². The number of rotatable bonds is 38. The van der Waals surface area contributed by atoms with Gasteiger partial charge in [0.2, 0.25) is 5.91 Å². The average molecular weight is 678 g/mol. The fourth-order valence-electron chi connectivity index (χ4n) is 6.45. The van der Waals surface area contributed by atoms with Crippen LogP contribution in [0.15, 0.2) is 24.3 Å². The summed E-state index contributed by atoms with van der Waals surface area (Å²) in [5.41, 5.74) is 0. The summed E-state index contributed by atoms with van der Waals surface area (Å²) in [7, 11) is 0. The fourth-order valence-corrected chi connectivity index (χ4v) is 6.45. The van der Waals surface area contributed by atoms with Crippen LogP contribution >= 0.6 is 0 Å². The van der Waals surface area contributed by atoms with Crippen LogP contribution in [0.5, 0.6) is 0 Å². The molecular weight excluding hydrogens is 594 g/mol. The van der Waals surface area contributed by atoms with Gasteiger partial charge in [0.1, 0.15) is 6.10 Å². The molecule has 0 aromatic heterocycles. The highest BCUT2D eigenvalue weighted by atomic mass is 16.3. The molecule has 0 saturated carbocycles. The molecule has 5 heteroatoms. The Hall–Kier alpha value is -1.17. The molecule has 0 aliphatic heterocycles. The molecule has 0 saturated heterocycles. The van der Waals surface area contributed by atoms with Crippen LogP contribution in [0.1, 0.15) is 219 Å². The minimum Gasteiger partial charge on any atom is -0.394 e. The van der Waals surface area contributed by atoms with Crippen molar-refractivity contribution in [2.75, 3.05) is 6.61 Å². The minimum atomic E-state index is -1.16. The summed E-state index contributed by atoms with van der Waals surface area (Å²) in [6, 6.07) is -0.827. The van der Waals surface area contributed by atoms with E-state index in [4.69, 9.17) is 0 Å². The summed E-state index contributed by atoms with van der Waals surface area (Å²) in [5.74, 6) is -0.162. The van der Waals surface area contributed by atoms with E-state index in [-0.39, 0.29) is 12.5 Å². The molecule has 0 spiro atoms. The van der Waals surface area contributed by atoms with Crippen molar-refractivity contribution in [3.8, 4) is 0 Å². The zero-order valence-electron chi connectivity index (χ0n) is 32.1. The summed E-state index contributed by atoms with van der Waals surface area (Å²) in [6.45, 7) is 4.16. The van der Waals surface area contributed by atoms with Gasteiger partial charge in [0, 0.05) is 6.42 Å². The van der Waals surface area contributed by atoms with E-state index in [2.05, 4.69) is 43.5 Å². The first-order valence-corrected chi connectivity index (χ1v) is 21.1. The highest BCUT2D eigenvalue weighted by Gasteiger charge is 2.26. The van der Waals surface area contributed by atoms with E-state index < -0.39 is 18.2 Å². The highest BCUT2D eigenvalue weighted by Crippen LogP contribution is 2.15. The van der Waals surface area contributed by atoms with Gasteiger partial charge < -0.3 is 20.6 Å². The Morgan fingerprint density at radius 3 is 1.21 bits per heavy atom. The van der Waals surface area contributed by atoms with Gasteiger partial charge in [0.05, 0.1) is 18.8 Å². The number of amides is 1. The summed E-state index contributed by atoms with van der Waals surface area (Å²) in [5, 5.41) is 33.4. The molecule has 0 aliphatic carbocycles. The molecule has 3 atom stereocenters. The van der Waals surface area contributed by atoms with Gasteiger partial charge in [-0.2, -0.15) is 0 Å². The standard InChI is InChI=1S/C43H83NO4/c1-3-5-7-9-11-13-15-17-19-21-22-24-26-28-30-32-34-36-38-42(47)44-40(39-45)43(48)41(46)37-35-33-31-29-27-25-23-20-18-16-14-12-10-8-6-4-2/h22,24,29,31,40-41,43,45-46,48H,3-21,23,25-28,30,32-39H2,1-2H3,(H,44,47)/b24-22-,31-29+. The Labute approximate surface area is 299 Å². The van der Waals surface area contributed by atoms with Crippen molar-refractivity contribution in [1.82, 2.24) is 5.32 Å². The van der Waals surface area contributed by atoms with Crippen molar-refractivity contribution < 1.29 is 20.1 Å². The second kappa shape index (κ2) is 38.6. The van der Waals surface area contributed by atoms with E-state index in [1.165, 1.54) is 148 Å². The van der Waals surface area contributed by atoms with Crippen LogP contribution in [0.4, 0.5) is 0 Å². The Bertz CT molecular complexity index is 709. The molecule has 0 bridgehead atoms. The quantitative estimate of drug-likeness (QED) is 0.0387. The first-order valence-electron chi connectivity index (χ1n) is 21.1. The SMILES string of the molecule is CCCCCCCCCCC/C=C\CCCCCCCC(=O)NC(CO)C(O)C(O)CCC/C=C/CCCCCCCCCCCCC. The molecule has 0 rings (SSSR count). The second-order valence-electron chi connectivity index (χ2n) is 14.5. The van der Waals surface area contributed by atoms with Crippen LogP contribution in [0.2, 0.25) is 0 Å². The predicted molar refractivity (Wildman–Crippen MR) is 208 cm³/mol. The molecular formula is C43H83NO4. The van der Waals surface area contributed by atoms with Crippen LogP contribution in [-0.4, -0.2) is 46.1 Å². The number of allylic oxidation sites excluding steroid dienone is 4. The smallest absolute Gasteiger partial charge is 0.220 e. The predicted octanol–water partition coefficient (Wildman–Crippen LogP) is 11.8. The largest absolute Gasteiger partial charge is 0.394 e. The van der Waals surface area contributed by atoms with Crippen molar-refractivity contribution >= 4 is 5.91 Å². The maximum atomic E-state index is 12.4. The molecule has 0 heterocycles. The molecule has 0 fully saturated rings. The van der Waals surface area contributed by atoms with Crippen molar-refractivity contribution in [2.24, 2.45) is 0 Å². The van der Waals surface area contributed by atoms with Crippen molar-refractivity contribution in [2.45, 2.75) is 238 Å². The van der Waals surface area contributed by atoms with E-state index >= 15 is 0 Å².